The number of carbonyl (C=O) groups excluding carboxylic acids is 1. The molecule has 110 valence electrons. The maximum atomic E-state index is 12.4. The number of hydrogen-bond acceptors (Lipinski definition) is 2. The van der Waals surface area contributed by atoms with Gasteiger partial charge in [-0.1, -0.05) is 40.9 Å². The van der Waals surface area contributed by atoms with Crippen LogP contribution in [0.4, 0.5) is 5.69 Å². The smallest absolute Gasteiger partial charge is 0.323 e. The minimum atomic E-state index is -1.12. The summed E-state index contributed by atoms with van der Waals surface area (Å²) in [6.45, 7) is 1.44. The molecule has 0 aliphatic rings. The first-order chi connectivity index (χ1) is 9.88. The summed E-state index contributed by atoms with van der Waals surface area (Å²) in [5, 5.41) is 9.34. The number of nitrogens with one attached hydrogen (secondary N) is 1. The Kier molecular flexibility index (Phi) is 4.55. The predicted octanol–water partition coefficient (Wildman–Crippen LogP) is 3.36. The number of amides is 1. The van der Waals surface area contributed by atoms with E-state index < -0.39 is 18.4 Å². The van der Waals surface area contributed by atoms with Crippen molar-refractivity contribution in [2.75, 3.05) is 11.4 Å². The van der Waals surface area contributed by atoms with Gasteiger partial charge in [-0.2, -0.15) is 0 Å². The van der Waals surface area contributed by atoms with Gasteiger partial charge in [0, 0.05) is 5.69 Å². The van der Waals surface area contributed by atoms with Crippen LogP contribution in [-0.4, -0.2) is 28.5 Å². The maximum absolute atomic E-state index is 12.4. The Morgan fingerprint density at radius 3 is 2.33 bits per heavy atom. The average Bonchev–Trinajstić information content (AvgIpc) is 2.76. The Morgan fingerprint density at radius 1 is 1.24 bits per heavy atom. The lowest BCUT2D eigenvalue weighted by molar-refractivity contribution is -0.135. The first kappa shape index (κ1) is 15.4. The molecule has 1 aromatic heterocycles. The first-order valence-electron chi connectivity index (χ1n) is 6.03. The minimum Gasteiger partial charge on any atom is -0.480 e. The largest absolute Gasteiger partial charge is 0.480 e. The summed E-state index contributed by atoms with van der Waals surface area (Å²) in [5.41, 5.74) is 1.62. The van der Waals surface area contributed by atoms with Gasteiger partial charge in [-0.25, -0.2) is 0 Å². The average molecular weight is 327 g/mol. The van der Waals surface area contributed by atoms with Gasteiger partial charge in [0.15, 0.2) is 0 Å². The molecule has 5 nitrogen and oxygen atoms in total. The number of aliphatic carboxylic acids is 1. The number of anilines is 1. The third-order valence-electron chi connectivity index (χ3n) is 2.84. The standard InChI is InChI=1S/C14H12Cl2N2O3/c1-8-2-4-9(5-3-8)18(7-12(19)20)14(21)11-6-10(15)13(16)17-11/h2-6,17H,7H2,1H3,(H,19,20). The van der Waals surface area contributed by atoms with E-state index in [2.05, 4.69) is 4.98 Å². The van der Waals surface area contributed by atoms with E-state index >= 15 is 0 Å². The van der Waals surface area contributed by atoms with Gasteiger partial charge in [0.2, 0.25) is 0 Å². The summed E-state index contributed by atoms with van der Waals surface area (Å²) in [6, 6.07) is 8.33. The van der Waals surface area contributed by atoms with Crippen molar-refractivity contribution in [3.05, 3.63) is 51.8 Å². The Balaban J connectivity index is 2.37. The molecule has 0 radical (unpaired) electrons. The number of carboxylic acid groups (broad SMARTS) is 1. The lowest BCUT2D eigenvalue weighted by Crippen LogP contribution is -2.35. The normalized spacial score (nSPS) is 10.4. The molecule has 1 aromatic carbocycles. The molecular weight excluding hydrogens is 315 g/mol. The molecule has 0 bridgehead atoms. The zero-order valence-electron chi connectivity index (χ0n) is 11.1. The second-order valence-electron chi connectivity index (χ2n) is 4.47. The van der Waals surface area contributed by atoms with Gasteiger partial charge in [-0.15, -0.1) is 0 Å². The number of halogens is 2. The second-order valence-corrected chi connectivity index (χ2v) is 5.25. The highest BCUT2D eigenvalue weighted by Crippen LogP contribution is 2.24. The summed E-state index contributed by atoms with van der Waals surface area (Å²) in [6.07, 6.45) is 0. The molecule has 0 unspecified atom stereocenters. The monoisotopic (exact) mass is 326 g/mol. The highest BCUT2D eigenvalue weighted by atomic mass is 35.5. The number of benzene rings is 1. The molecule has 0 saturated heterocycles. The summed E-state index contributed by atoms with van der Waals surface area (Å²) < 4.78 is 0. The van der Waals surface area contributed by atoms with Crippen molar-refractivity contribution >= 4 is 40.8 Å². The van der Waals surface area contributed by atoms with Crippen LogP contribution in [-0.2, 0) is 4.79 Å². The highest BCUT2D eigenvalue weighted by Gasteiger charge is 2.22. The van der Waals surface area contributed by atoms with Crippen LogP contribution in [0.2, 0.25) is 10.2 Å². The van der Waals surface area contributed by atoms with Crippen LogP contribution in [0.5, 0.6) is 0 Å². The van der Waals surface area contributed by atoms with Gasteiger partial charge in [0.1, 0.15) is 17.4 Å². The molecule has 0 aliphatic heterocycles. The molecule has 7 heteroatoms. The fourth-order valence-corrected chi connectivity index (χ4v) is 2.12. The predicted molar refractivity (Wildman–Crippen MR) is 81.3 cm³/mol. The number of hydrogen-bond donors (Lipinski definition) is 2. The van der Waals surface area contributed by atoms with E-state index in [0.717, 1.165) is 10.5 Å². The van der Waals surface area contributed by atoms with E-state index in [9.17, 15) is 9.59 Å². The number of rotatable bonds is 4. The van der Waals surface area contributed by atoms with Crippen molar-refractivity contribution in [1.29, 1.82) is 0 Å². The zero-order valence-corrected chi connectivity index (χ0v) is 12.6. The van der Waals surface area contributed by atoms with E-state index in [4.69, 9.17) is 28.3 Å². The number of carboxylic acids is 1. The second kappa shape index (κ2) is 6.20. The number of nitrogens with zero attached hydrogens (tertiary/aromatic N) is 1. The first-order valence-corrected chi connectivity index (χ1v) is 6.78. The topological polar surface area (TPSA) is 73.4 Å². The van der Waals surface area contributed by atoms with Gasteiger partial charge < -0.3 is 10.1 Å². The van der Waals surface area contributed by atoms with E-state index in [-0.39, 0.29) is 15.9 Å². The van der Waals surface area contributed by atoms with Crippen LogP contribution in [0.25, 0.3) is 0 Å². The molecule has 0 fully saturated rings. The van der Waals surface area contributed by atoms with E-state index in [1.165, 1.54) is 6.07 Å². The molecule has 0 spiro atoms. The van der Waals surface area contributed by atoms with Crippen LogP contribution >= 0.6 is 23.2 Å². The van der Waals surface area contributed by atoms with Gasteiger partial charge in [0.25, 0.3) is 5.91 Å². The number of aromatic amines is 1. The Labute approximate surface area is 131 Å². The number of carbonyl (C=O) groups is 2. The molecule has 2 aromatic rings. The lowest BCUT2D eigenvalue weighted by atomic mass is 10.2. The van der Waals surface area contributed by atoms with E-state index in [0.29, 0.717) is 5.69 Å². The molecule has 0 saturated carbocycles. The Morgan fingerprint density at radius 2 is 1.86 bits per heavy atom. The number of aromatic nitrogens is 1. The van der Waals surface area contributed by atoms with Crippen molar-refractivity contribution in [2.24, 2.45) is 0 Å². The Hall–Kier alpha value is -1.98. The SMILES string of the molecule is Cc1ccc(N(CC(=O)O)C(=O)c2cc(Cl)c(Cl)[nH]2)cc1. The van der Waals surface area contributed by atoms with Gasteiger partial charge >= 0.3 is 5.97 Å². The molecule has 1 heterocycles. The van der Waals surface area contributed by atoms with Crippen molar-refractivity contribution < 1.29 is 14.7 Å². The van der Waals surface area contributed by atoms with Crippen LogP contribution in [0.15, 0.2) is 30.3 Å². The lowest BCUT2D eigenvalue weighted by Gasteiger charge is -2.20. The van der Waals surface area contributed by atoms with E-state index in [1.54, 1.807) is 24.3 Å². The van der Waals surface area contributed by atoms with Crippen LogP contribution in [0.3, 0.4) is 0 Å². The third kappa shape index (κ3) is 3.56. The number of H-pyrrole nitrogens is 1. The molecule has 2 N–H and O–H groups in total. The van der Waals surface area contributed by atoms with Crippen molar-refractivity contribution in [3.8, 4) is 0 Å². The molecule has 0 atom stereocenters. The number of aryl methyl sites for hydroxylation is 1. The van der Waals surface area contributed by atoms with Crippen LogP contribution < -0.4 is 4.90 Å². The summed E-state index contributed by atoms with van der Waals surface area (Å²) in [4.78, 5) is 27.2. The minimum absolute atomic E-state index is 0.131. The van der Waals surface area contributed by atoms with E-state index in [1.807, 2.05) is 6.92 Å². The Bertz CT molecular complexity index is 661. The van der Waals surface area contributed by atoms with Crippen molar-refractivity contribution in [2.45, 2.75) is 6.92 Å². The molecule has 1 amide bonds. The molecule has 2 rings (SSSR count). The van der Waals surface area contributed by atoms with Gasteiger partial charge in [0.05, 0.1) is 5.02 Å². The molecular formula is C14H12Cl2N2O3. The summed E-state index contributed by atoms with van der Waals surface area (Å²) in [7, 11) is 0. The molecule has 21 heavy (non-hydrogen) atoms. The van der Waals surface area contributed by atoms with Crippen LogP contribution in [0, 0.1) is 6.92 Å². The van der Waals surface area contributed by atoms with Crippen LogP contribution in [0.1, 0.15) is 16.1 Å². The third-order valence-corrected chi connectivity index (χ3v) is 3.53. The highest BCUT2D eigenvalue weighted by molar-refractivity contribution is 6.41. The summed E-state index contributed by atoms with van der Waals surface area (Å²) in [5.74, 6) is -1.64. The molecule has 0 aliphatic carbocycles. The van der Waals surface area contributed by atoms with Gasteiger partial charge in [-0.3, -0.25) is 14.5 Å². The fraction of sp³-hybridized carbons (Fsp3) is 0.143. The fourth-order valence-electron chi connectivity index (χ4n) is 1.81. The maximum Gasteiger partial charge on any atom is 0.323 e. The van der Waals surface area contributed by atoms with Crippen molar-refractivity contribution in [3.63, 3.8) is 0 Å². The van der Waals surface area contributed by atoms with Crippen molar-refractivity contribution in [1.82, 2.24) is 4.98 Å². The quantitative estimate of drug-likeness (QED) is 0.904. The summed E-state index contributed by atoms with van der Waals surface area (Å²) >= 11 is 11.6. The van der Waals surface area contributed by atoms with Gasteiger partial charge in [-0.05, 0) is 25.1 Å². The zero-order chi connectivity index (χ0) is 15.6.